The number of sulfonamides is 1. The second-order valence-electron chi connectivity index (χ2n) is 7.25. The molecule has 150 valence electrons. The van der Waals surface area contributed by atoms with Crippen LogP contribution < -0.4 is 5.32 Å². The first-order chi connectivity index (χ1) is 13.5. The van der Waals surface area contributed by atoms with E-state index in [0.29, 0.717) is 24.3 Å². The van der Waals surface area contributed by atoms with Crippen molar-refractivity contribution in [1.29, 1.82) is 0 Å². The SMILES string of the molecule is CCCCc1ccc(NC(=O)c2cccc(S(=O)(=O)N3CCCCC3)c2)cc1. The van der Waals surface area contributed by atoms with Crippen LogP contribution in [0.4, 0.5) is 5.69 Å². The normalized spacial score (nSPS) is 15.3. The predicted molar refractivity (Wildman–Crippen MR) is 112 cm³/mol. The van der Waals surface area contributed by atoms with Crippen LogP contribution in [0.1, 0.15) is 54.9 Å². The molecule has 0 aromatic heterocycles. The molecule has 2 aromatic rings. The number of anilines is 1. The largest absolute Gasteiger partial charge is 0.322 e. The molecule has 0 radical (unpaired) electrons. The summed E-state index contributed by atoms with van der Waals surface area (Å²) in [7, 11) is -3.55. The molecule has 0 unspecified atom stereocenters. The molecule has 0 aliphatic carbocycles. The van der Waals surface area contributed by atoms with Gasteiger partial charge in [0, 0.05) is 24.3 Å². The molecule has 1 amide bonds. The Morgan fingerprint density at radius 1 is 1.04 bits per heavy atom. The first-order valence-corrected chi connectivity index (χ1v) is 11.5. The molecule has 1 heterocycles. The maximum absolute atomic E-state index is 12.8. The Labute approximate surface area is 167 Å². The maximum Gasteiger partial charge on any atom is 0.255 e. The average Bonchev–Trinajstić information content (AvgIpc) is 2.74. The highest BCUT2D eigenvalue weighted by atomic mass is 32.2. The summed E-state index contributed by atoms with van der Waals surface area (Å²) in [6.07, 6.45) is 6.15. The van der Waals surface area contributed by atoms with E-state index in [-0.39, 0.29) is 10.8 Å². The maximum atomic E-state index is 12.8. The third-order valence-electron chi connectivity index (χ3n) is 5.08. The molecular formula is C22H28N2O3S. The van der Waals surface area contributed by atoms with Gasteiger partial charge in [0.2, 0.25) is 10.0 Å². The lowest BCUT2D eigenvalue weighted by Gasteiger charge is -2.26. The van der Waals surface area contributed by atoms with E-state index in [1.807, 2.05) is 24.3 Å². The summed E-state index contributed by atoms with van der Waals surface area (Å²) < 4.78 is 27.2. The van der Waals surface area contributed by atoms with Crippen LogP contribution >= 0.6 is 0 Å². The summed E-state index contributed by atoms with van der Waals surface area (Å²) in [5, 5.41) is 2.85. The van der Waals surface area contributed by atoms with Crippen LogP contribution in [0.15, 0.2) is 53.4 Å². The zero-order valence-electron chi connectivity index (χ0n) is 16.4. The molecule has 28 heavy (non-hydrogen) atoms. The summed E-state index contributed by atoms with van der Waals surface area (Å²) >= 11 is 0. The van der Waals surface area contributed by atoms with Crippen LogP contribution in [0.2, 0.25) is 0 Å². The first-order valence-electron chi connectivity index (χ1n) is 10.0. The van der Waals surface area contributed by atoms with E-state index in [9.17, 15) is 13.2 Å². The Kier molecular flexibility index (Phi) is 6.86. The second kappa shape index (κ2) is 9.34. The highest BCUT2D eigenvalue weighted by Gasteiger charge is 2.26. The number of hydrogen-bond acceptors (Lipinski definition) is 3. The van der Waals surface area contributed by atoms with Crippen molar-refractivity contribution < 1.29 is 13.2 Å². The number of rotatable bonds is 7. The van der Waals surface area contributed by atoms with Crippen molar-refractivity contribution in [3.63, 3.8) is 0 Å². The van der Waals surface area contributed by atoms with Crippen LogP contribution in [0.5, 0.6) is 0 Å². The van der Waals surface area contributed by atoms with Crippen LogP contribution in [0.3, 0.4) is 0 Å². The lowest BCUT2D eigenvalue weighted by molar-refractivity contribution is 0.102. The second-order valence-corrected chi connectivity index (χ2v) is 9.19. The monoisotopic (exact) mass is 400 g/mol. The number of hydrogen-bond donors (Lipinski definition) is 1. The van der Waals surface area contributed by atoms with Crippen LogP contribution in [-0.4, -0.2) is 31.7 Å². The van der Waals surface area contributed by atoms with E-state index < -0.39 is 10.0 Å². The molecule has 0 saturated carbocycles. The van der Waals surface area contributed by atoms with Gasteiger partial charge in [0.1, 0.15) is 0 Å². The van der Waals surface area contributed by atoms with E-state index in [1.165, 1.54) is 15.9 Å². The van der Waals surface area contributed by atoms with Gasteiger partial charge < -0.3 is 5.32 Å². The molecule has 6 heteroatoms. The van der Waals surface area contributed by atoms with Crippen molar-refractivity contribution in [2.45, 2.75) is 50.3 Å². The molecule has 1 aliphatic heterocycles. The van der Waals surface area contributed by atoms with Gasteiger partial charge in [-0.05, 0) is 61.6 Å². The van der Waals surface area contributed by atoms with Gasteiger partial charge in [-0.2, -0.15) is 4.31 Å². The molecule has 1 fully saturated rings. The lowest BCUT2D eigenvalue weighted by Crippen LogP contribution is -2.35. The number of carbonyl (C=O) groups is 1. The third kappa shape index (κ3) is 5.00. The van der Waals surface area contributed by atoms with Gasteiger partial charge >= 0.3 is 0 Å². The molecule has 1 aliphatic rings. The number of nitrogens with one attached hydrogen (secondary N) is 1. The van der Waals surface area contributed by atoms with Crippen molar-refractivity contribution in [2.75, 3.05) is 18.4 Å². The topological polar surface area (TPSA) is 66.5 Å². The molecular weight excluding hydrogens is 372 g/mol. The van der Waals surface area contributed by atoms with Crippen LogP contribution in [0.25, 0.3) is 0 Å². The molecule has 0 spiro atoms. The number of amides is 1. The fraction of sp³-hybridized carbons (Fsp3) is 0.409. The van der Waals surface area contributed by atoms with E-state index in [2.05, 4.69) is 12.2 Å². The number of unbranched alkanes of at least 4 members (excludes halogenated alkanes) is 1. The fourth-order valence-corrected chi connectivity index (χ4v) is 4.95. The van der Waals surface area contributed by atoms with Gasteiger partial charge in [0.05, 0.1) is 4.90 Å². The summed E-state index contributed by atoms with van der Waals surface area (Å²) in [5.41, 5.74) is 2.29. The van der Waals surface area contributed by atoms with Gasteiger partial charge in [0.25, 0.3) is 5.91 Å². The number of benzene rings is 2. The highest BCUT2D eigenvalue weighted by molar-refractivity contribution is 7.89. The smallest absolute Gasteiger partial charge is 0.255 e. The average molecular weight is 401 g/mol. The Hall–Kier alpha value is -2.18. The third-order valence-corrected chi connectivity index (χ3v) is 6.97. The summed E-state index contributed by atoms with van der Waals surface area (Å²) in [4.78, 5) is 12.8. The van der Waals surface area contributed by atoms with Crippen molar-refractivity contribution in [3.05, 3.63) is 59.7 Å². The minimum atomic E-state index is -3.55. The molecule has 0 bridgehead atoms. The van der Waals surface area contributed by atoms with Crippen LogP contribution in [-0.2, 0) is 16.4 Å². The molecule has 5 nitrogen and oxygen atoms in total. The van der Waals surface area contributed by atoms with Crippen molar-refractivity contribution in [3.8, 4) is 0 Å². The number of carbonyl (C=O) groups excluding carboxylic acids is 1. The summed E-state index contributed by atoms with van der Waals surface area (Å²) in [6.45, 7) is 3.25. The fourth-order valence-electron chi connectivity index (χ4n) is 3.39. The molecule has 1 N–H and O–H groups in total. The van der Waals surface area contributed by atoms with E-state index in [4.69, 9.17) is 0 Å². The van der Waals surface area contributed by atoms with Crippen molar-refractivity contribution >= 4 is 21.6 Å². The van der Waals surface area contributed by atoms with E-state index in [0.717, 1.165) is 38.5 Å². The zero-order valence-corrected chi connectivity index (χ0v) is 17.2. The van der Waals surface area contributed by atoms with Crippen LogP contribution in [0, 0.1) is 0 Å². The number of aryl methyl sites for hydroxylation is 1. The summed E-state index contributed by atoms with van der Waals surface area (Å²) in [6, 6.07) is 14.1. The van der Waals surface area contributed by atoms with Gasteiger partial charge in [0.15, 0.2) is 0 Å². The van der Waals surface area contributed by atoms with Gasteiger partial charge in [-0.3, -0.25) is 4.79 Å². The molecule has 1 saturated heterocycles. The van der Waals surface area contributed by atoms with E-state index in [1.54, 1.807) is 18.2 Å². The standard InChI is InChI=1S/C22H28N2O3S/c1-2-3-8-18-11-13-20(14-12-18)23-22(25)19-9-7-10-21(17-19)28(26,27)24-15-5-4-6-16-24/h7,9-14,17H,2-6,8,15-16H2,1H3,(H,23,25). The predicted octanol–water partition coefficient (Wildman–Crippen LogP) is 4.46. The molecule has 3 rings (SSSR count). The van der Waals surface area contributed by atoms with Gasteiger partial charge in [-0.1, -0.05) is 38.0 Å². The Morgan fingerprint density at radius 2 is 1.75 bits per heavy atom. The summed E-state index contributed by atoms with van der Waals surface area (Å²) in [5.74, 6) is -0.308. The molecule has 0 atom stereocenters. The minimum absolute atomic E-state index is 0.178. The zero-order chi connectivity index (χ0) is 20.0. The number of piperidine rings is 1. The van der Waals surface area contributed by atoms with Gasteiger partial charge in [-0.25, -0.2) is 8.42 Å². The Bertz CT molecular complexity index is 902. The number of nitrogens with zero attached hydrogens (tertiary/aromatic N) is 1. The van der Waals surface area contributed by atoms with Crippen molar-refractivity contribution in [1.82, 2.24) is 4.31 Å². The van der Waals surface area contributed by atoms with Crippen molar-refractivity contribution in [2.24, 2.45) is 0 Å². The van der Waals surface area contributed by atoms with Gasteiger partial charge in [-0.15, -0.1) is 0 Å². The minimum Gasteiger partial charge on any atom is -0.322 e. The lowest BCUT2D eigenvalue weighted by atomic mass is 10.1. The van der Waals surface area contributed by atoms with E-state index >= 15 is 0 Å². The highest BCUT2D eigenvalue weighted by Crippen LogP contribution is 2.22. The first kappa shape index (κ1) is 20.6. The Balaban J connectivity index is 1.71. The quantitative estimate of drug-likeness (QED) is 0.746. The molecule has 2 aromatic carbocycles. The Morgan fingerprint density at radius 3 is 2.43 bits per heavy atom.